The molecule has 1 amide bonds. The number of nitrogens with one attached hydrogen (secondary N) is 1. The van der Waals surface area contributed by atoms with Crippen LogP contribution in [-0.2, 0) is 9.59 Å². The van der Waals surface area contributed by atoms with Crippen LogP contribution in [0.3, 0.4) is 0 Å². The average Bonchev–Trinajstić information content (AvgIpc) is 2.65. The normalized spacial score (nSPS) is 19.4. The second-order valence-corrected chi connectivity index (χ2v) is 7.58. The van der Waals surface area contributed by atoms with E-state index in [1.807, 2.05) is 0 Å². The van der Waals surface area contributed by atoms with Gasteiger partial charge in [-0.3, -0.25) is 9.59 Å². The third kappa shape index (κ3) is 4.84. The Bertz CT molecular complexity index is 946. The molecule has 2 N–H and O–H groups in total. The van der Waals surface area contributed by atoms with Crippen LogP contribution >= 0.6 is 11.6 Å². The fraction of sp³-hybridized carbons (Fsp3) is 0.450. The molecule has 1 aromatic heterocycles. The number of carboxylic acids is 1. The van der Waals surface area contributed by atoms with Crippen molar-refractivity contribution < 1.29 is 23.8 Å². The maximum Gasteiger partial charge on any atom is 0.336 e. The molecule has 28 heavy (non-hydrogen) atoms. The fourth-order valence-electron chi connectivity index (χ4n) is 3.50. The van der Waals surface area contributed by atoms with Gasteiger partial charge >= 0.3 is 11.6 Å². The molecule has 1 saturated carbocycles. The van der Waals surface area contributed by atoms with Crippen LogP contribution in [-0.4, -0.2) is 30.1 Å². The molecule has 1 aliphatic rings. The smallest absolute Gasteiger partial charge is 0.336 e. The van der Waals surface area contributed by atoms with Crippen molar-refractivity contribution in [2.45, 2.75) is 32.6 Å². The Morgan fingerprint density at radius 1 is 1.25 bits per heavy atom. The van der Waals surface area contributed by atoms with Crippen LogP contribution in [0.25, 0.3) is 11.0 Å². The number of halogens is 1. The van der Waals surface area contributed by atoms with E-state index in [4.69, 9.17) is 25.9 Å². The molecular weight excluding hydrogens is 386 g/mol. The number of ether oxygens (including phenoxy) is 1. The van der Waals surface area contributed by atoms with E-state index in [1.165, 1.54) is 12.1 Å². The molecule has 0 bridgehead atoms. The number of aliphatic carboxylic acids is 1. The number of aryl methyl sites for hydroxylation is 1. The van der Waals surface area contributed by atoms with Crippen LogP contribution in [0.4, 0.5) is 0 Å². The molecule has 1 heterocycles. The summed E-state index contributed by atoms with van der Waals surface area (Å²) < 4.78 is 10.7. The lowest BCUT2D eigenvalue weighted by molar-refractivity contribution is -0.143. The SMILES string of the molecule is Cc1cc(=O)oc2cc(OCC(=O)NCC3CCC(C(=O)O)CC3)c(Cl)cc12. The number of carboxylic acid groups (broad SMARTS) is 1. The molecule has 0 radical (unpaired) electrons. The minimum absolute atomic E-state index is 0.217. The number of rotatable bonds is 6. The van der Waals surface area contributed by atoms with Crippen molar-refractivity contribution in [2.24, 2.45) is 11.8 Å². The van der Waals surface area contributed by atoms with Gasteiger partial charge in [-0.15, -0.1) is 0 Å². The Balaban J connectivity index is 1.53. The number of hydrogen-bond acceptors (Lipinski definition) is 5. The van der Waals surface area contributed by atoms with Crippen LogP contribution in [0.15, 0.2) is 27.4 Å². The quantitative estimate of drug-likeness (QED) is 0.712. The molecule has 0 saturated heterocycles. The number of fused-ring (bicyclic) bond motifs is 1. The van der Waals surface area contributed by atoms with Crippen molar-refractivity contribution in [2.75, 3.05) is 13.2 Å². The molecule has 8 heteroatoms. The van der Waals surface area contributed by atoms with E-state index in [0.29, 0.717) is 35.4 Å². The number of carbonyl (C=O) groups is 2. The van der Waals surface area contributed by atoms with E-state index < -0.39 is 11.6 Å². The van der Waals surface area contributed by atoms with Crippen molar-refractivity contribution in [3.63, 3.8) is 0 Å². The summed E-state index contributed by atoms with van der Waals surface area (Å²) in [6.45, 7) is 2.06. The van der Waals surface area contributed by atoms with Crippen LogP contribution in [0.5, 0.6) is 5.75 Å². The summed E-state index contributed by atoms with van der Waals surface area (Å²) in [4.78, 5) is 34.6. The van der Waals surface area contributed by atoms with Gasteiger partial charge in [-0.05, 0) is 50.2 Å². The molecule has 1 fully saturated rings. The fourth-order valence-corrected chi connectivity index (χ4v) is 3.71. The first-order valence-corrected chi connectivity index (χ1v) is 9.57. The van der Waals surface area contributed by atoms with E-state index in [9.17, 15) is 14.4 Å². The highest BCUT2D eigenvalue weighted by Crippen LogP contribution is 2.31. The highest BCUT2D eigenvalue weighted by Gasteiger charge is 2.26. The maximum atomic E-state index is 12.1. The first-order valence-electron chi connectivity index (χ1n) is 9.20. The molecule has 1 aliphatic carbocycles. The highest BCUT2D eigenvalue weighted by molar-refractivity contribution is 6.32. The first kappa shape index (κ1) is 20.2. The van der Waals surface area contributed by atoms with Gasteiger partial charge in [0.15, 0.2) is 6.61 Å². The maximum absolute atomic E-state index is 12.1. The summed E-state index contributed by atoms with van der Waals surface area (Å²) in [7, 11) is 0. The van der Waals surface area contributed by atoms with Crippen LogP contribution < -0.4 is 15.7 Å². The summed E-state index contributed by atoms with van der Waals surface area (Å²) in [5.41, 5.74) is 0.628. The Morgan fingerprint density at radius 3 is 2.64 bits per heavy atom. The Labute approximate surface area is 166 Å². The second-order valence-electron chi connectivity index (χ2n) is 7.18. The third-order valence-electron chi connectivity index (χ3n) is 5.15. The predicted molar refractivity (Wildman–Crippen MR) is 104 cm³/mol. The number of hydrogen-bond donors (Lipinski definition) is 2. The molecule has 0 spiro atoms. The van der Waals surface area contributed by atoms with Gasteiger partial charge in [0.25, 0.3) is 5.91 Å². The van der Waals surface area contributed by atoms with E-state index in [0.717, 1.165) is 18.4 Å². The van der Waals surface area contributed by atoms with Gasteiger partial charge in [0, 0.05) is 24.1 Å². The van der Waals surface area contributed by atoms with Gasteiger partial charge in [0.2, 0.25) is 0 Å². The van der Waals surface area contributed by atoms with Gasteiger partial charge < -0.3 is 19.6 Å². The zero-order chi connectivity index (χ0) is 20.3. The largest absolute Gasteiger partial charge is 0.482 e. The lowest BCUT2D eigenvalue weighted by atomic mass is 9.82. The molecule has 7 nitrogen and oxygen atoms in total. The Hall–Kier alpha value is -2.54. The van der Waals surface area contributed by atoms with Crippen LogP contribution in [0, 0.1) is 18.8 Å². The van der Waals surface area contributed by atoms with Crippen molar-refractivity contribution in [3.8, 4) is 5.75 Å². The summed E-state index contributed by atoms with van der Waals surface area (Å²) in [5, 5.41) is 12.9. The van der Waals surface area contributed by atoms with Crippen molar-refractivity contribution in [3.05, 3.63) is 39.2 Å². The number of carbonyl (C=O) groups excluding carboxylic acids is 1. The minimum Gasteiger partial charge on any atom is -0.482 e. The first-order chi connectivity index (χ1) is 13.3. The third-order valence-corrected chi connectivity index (χ3v) is 5.44. The Kier molecular flexibility index (Phi) is 6.24. The zero-order valence-electron chi connectivity index (χ0n) is 15.5. The number of amides is 1. The summed E-state index contributed by atoms with van der Waals surface area (Å²) >= 11 is 6.21. The molecule has 0 atom stereocenters. The molecular formula is C20H22ClNO6. The molecule has 0 aliphatic heterocycles. The molecule has 150 valence electrons. The molecule has 3 rings (SSSR count). The number of benzene rings is 1. The van der Waals surface area contributed by atoms with Crippen molar-refractivity contribution >= 4 is 34.4 Å². The summed E-state index contributed by atoms with van der Waals surface area (Å²) in [6.07, 6.45) is 2.85. The monoisotopic (exact) mass is 407 g/mol. The van der Waals surface area contributed by atoms with Crippen LogP contribution in [0.1, 0.15) is 31.2 Å². The van der Waals surface area contributed by atoms with E-state index in [2.05, 4.69) is 5.32 Å². The zero-order valence-corrected chi connectivity index (χ0v) is 16.3. The minimum atomic E-state index is -0.742. The van der Waals surface area contributed by atoms with E-state index >= 15 is 0 Å². The van der Waals surface area contributed by atoms with Gasteiger partial charge in [-0.1, -0.05) is 11.6 Å². The summed E-state index contributed by atoms with van der Waals surface area (Å²) in [5.74, 6) is -0.758. The molecule has 1 aromatic carbocycles. The highest BCUT2D eigenvalue weighted by atomic mass is 35.5. The van der Waals surface area contributed by atoms with Crippen LogP contribution in [0.2, 0.25) is 5.02 Å². The van der Waals surface area contributed by atoms with Gasteiger partial charge in [-0.2, -0.15) is 0 Å². The van der Waals surface area contributed by atoms with Crippen molar-refractivity contribution in [1.29, 1.82) is 0 Å². The lowest BCUT2D eigenvalue weighted by Gasteiger charge is -2.26. The summed E-state index contributed by atoms with van der Waals surface area (Å²) in [6, 6.07) is 4.53. The van der Waals surface area contributed by atoms with E-state index in [1.54, 1.807) is 13.0 Å². The Morgan fingerprint density at radius 2 is 1.96 bits per heavy atom. The van der Waals surface area contributed by atoms with Gasteiger partial charge in [0.1, 0.15) is 11.3 Å². The second kappa shape index (κ2) is 8.65. The standard InChI is InChI=1S/C20H22ClNO6/c1-11-6-19(24)28-16-8-17(15(21)7-14(11)16)27-10-18(23)22-9-12-2-4-13(5-3-12)20(25)26/h6-8,12-13H,2-5,9-10H2,1H3,(H,22,23)(H,25,26). The average molecular weight is 408 g/mol. The molecule has 2 aromatic rings. The van der Waals surface area contributed by atoms with E-state index in [-0.39, 0.29) is 30.1 Å². The predicted octanol–water partition coefficient (Wildman–Crippen LogP) is 3.14. The topological polar surface area (TPSA) is 106 Å². The lowest BCUT2D eigenvalue weighted by Crippen LogP contribution is -2.35. The van der Waals surface area contributed by atoms with Crippen molar-refractivity contribution in [1.82, 2.24) is 5.32 Å². The van der Waals surface area contributed by atoms with Gasteiger partial charge in [-0.25, -0.2) is 4.79 Å². The van der Waals surface area contributed by atoms with Gasteiger partial charge in [0.05, 0.1) is 10.9 Å². The molecule has 0 unspecified atom stereocenters.